The van der Waals surface area contributed by atoms with Crippen molar-refractivity contribution >= 4 is 11.3 Å². The Morgan fingerprint density at radius 2 is 2.11 bits per heavy atom. The topological polar surface area (TPSA) is 21.3 Å². The van der Waals surface area contributed by atoms with Gasteiger partial charge in [-0.15, -0.1) is 11.3 Å². The summed E-state index contributed by atoms with van der Waals surface area (Å²) in [6.45, 7) is 0. The van der Waals surface area contributed by atoms with Crippen LogP contribution in [-0.2, 0) is 12.8 Å². The van der Waals surface area contributed by atoms with E-state index in [0.29, 0.717) is 17.7 Å². The van der Waals surface area contributed by atoms with Crippen LogP contribution in [0.15, 0.2) is 35.7 Å². The maximum absolute atomic E-state index is 14.1. The van der Waals surface area contributed by atoms with Crippen LogP contribution in [0.4, 0.5) is 4.39 Å². The van der Waals surface area contributed by atoms with Crippen LogP contribution in [0.2, 0.25) is 0 Å². The number of thiophene rings is 1. The molecule has 0 aliphatic heterocycles. The Morgan fingerprint density at radius 1 is 1.26 bits per heavy atom. The molecule has 0 saturated heterocycles. The lowest BCUT2D eigenvalue weighted by atomic mass is 10.0. The van der Waals surface area contributed by atoms with Gasteiger partial charge < -0.3 is 10.1 Å². The minimum atomic E-state index is -0.253. The number of hydrogen-bond donors (Lipinski definition) is 1. The van der Waals surface area contributed by atoms with E-state index in [9.17, 15) is 4.39 Å². The van der Waals surface area contributed by atoms with Crippen molar-refractivity contribution < 1.29 is 9.13 Å². The second kappa shape index (κ2) is 6.68. The fraction of sp³-hybridized carbons (Fsp3) is 0.333. The van der Waals surface area contributed by atoms with Gasteiger partial charge in [-0.3, -0.25) is 0 Å². The molecule has 0 fully saturated rings. The lowest BCUT2D eigenvalue weighted by molar-refractivity contribution is 0.382. The maximum Gasteiger partial charge on any atom is 0.168 e. The van der Waals surface area contributed by atoms with Crippen LogP contribution in [-0.4, -0.2) is 20.2 Å². The molecule has 1 atom stereocenters. The van der Waals surface area contributed by atoms with Gasteiger partial charge in [0.2, 0.25) is 0 Å². The molecule has 4 heteroatoms. The molecule has 1 aromatic carbocycles. The number of halogens is 1. The fourth-order valence-electron chi connectivity index (χ4n) is 2.08. The third-order valence-electron chi connectivity index (χ3n) is 3.17. The van der Waals surface area contributed by atoms with Crippen molar-refractivity contribution in [3.8, 4) is 5.75 Å². The second-order valence-corrected chi connectivity index (χ2v) is 5.44. The molecule has 2 aromatic rings. The summed E-state index contributed by atoms with van der Waals surface area (Å²) in [4.78, 5) is 1.31. The minimum Gasteiger partial charge on any atom is -0.494 e. The van der Waals surface area contributed by atoms with E-state index in [1.165, 1.54) is 12.0 Å². The highest BCUT2D eigenvalue weighted by molar-refractivity contribution is 7.09. The number of ether oxygens (including phenoxy) is 1. The van der Waals surface area contributed by atoms with Crippen molar-refractivity contribution in [2.75, 3.05) is 14.2 Å². The number of hydrogen-bond acceptors (Lipinski definition) is 3. The monoisotopic (exact) mass is 279 g/mol. The van der Waals surface area contributed by atoms with E-state index < -0.39 is 0 Å². The van der Waals surface area contributed by atoms with Gasteiger partial charge in [-0.05, 0) is 43.0 Å². The van der Waals surface area contributed by atoms with Crippen LogP contribution in [0.5, 0.6) is 5.75 Å². The molecule has 0 saturated carbocycles. The van der Waals surface area contributed by atoms with Gasteiger partial charge in [-0.25, -0.2) is 4.39 Å². The van der Waals surface area contributed by atoms with Crippen LogP contribution in [0.25, 0.3) is 0 Å². The highest BCUT2D eigenvalue weighted by Gasteiger charge is 2.14. The van der Waals surface area contributed by atoms with Crippen molar-refractivity contribution in [1.82, 2.24) is 5.32 Å². The highest BCUT2D eigenvalue weighted by atomic mass is 32.1. The Morgan fingerprint density at radius 3 is 2.74 bits per heavy atom. The molecule has 0 aliphatic rings. The smallest absolute Gasteiger partial charge is 0.168 e. The molecule has 1 aromatic heterocycles. The average Bonchev–Trinajstić information content (AvgIpc) is 2.93. The van der Waals surface area contributed by atoms with Crippen LogP contribution < -0.4 is 10.1 Å². The second-order valence-electron chi connectivity index (χ2n) is 4.41. The Bertz CT molecular complexity index is 513. The maximum atomic E-state index is 14.1. The first-order valence-corrected chi connectivity index (χ1v) is 7.13. The lowest BCUT2D eigenvalue weighted by Gasteiger charge is -2.16. The van der Waals surface area contributed by atoms with Crippen molar-refractivity contribution in [3.63, 3.8) is 0 Å². The van der Waals surface area contributed by atoms with Gasteiger partial charge in [-0.2, -0.15) is 0 Å². The van der Waals surface area contributed by atoms with Crippen LogP contribution in [0, 0.1) is 5.82 Å². The van der Waals surface area contributed by atoms with E-state index in [0.717, 1.165) is 6.42 Å². The quantitative estimate of drug-likeness (QED) is 0.876. The number of benzene rings is 1. The molecule has 102 valence electrons. The standard InChI is InChI=1S/C15H18FNOS/c1-17-12(10-13-6-4-8-19-13)9-11-5-3-7-14(18-2)15(11)16/h3-8,12,17H,9-10H2,1-2H3. The Balaban J connectivity index is 2.10. The number of likely N-dealkylation sites (N-methyl/N-ethyl adjacent to an activating group) is 1. The summed E-state index contributed by atoms with van der Waals surface area (Å²) in [7, 11) is 3.40. The molecule has 0 amide bonds. The normalized spacial score (nSPS) is 12.4. The van der Waals surface area contributed by atoms with Crippen molar-refractivity contribution in [2.24, 2.45) is 0 Å². The van der Waals surface area contributed by atoms with Crippen LogP contribution >= 0.6 is 11.3 Å². The molecule has 19 heavy (non-hydrogen) atoms. The predicted octanol–water partition coefficient (Wildman–Crippen LogP) is 3.27. The van der Waals surface area contributed by atoms with Crippen LogP contribution in [0.1, 0.15) is 10.4 Å². The van der Waals surface area contributed by atoms with E-state index in [1.807, 2.05) is 25.2 Å². The first-order valence-electron chi connectivity index (χ1n) is 6.25. The molecule has 0 radical (unpaired) electrons. The van der Waals surface area contributed by atoms with Crippen LogP contribution in [0.3, 0.4) is 0 Å². The fourth-order valence-corrected chi connectivity index (χ4v) is 2.87. The molecule has 1 N–H and O–H groups in total. The zero-order valence-electron chi connectivity index (χ0n) is 11.2. The predicted molar refractivity (Wildman–Crippen MR) is 77.5 cm³/mol. The Labute approximate surface area is 117 Å². The van der Waals surface area contributed by atoms with E-state index in [-0.39, 0.29) is 11.9 Å². The van der Waals surface area contributed by atoms with Crippen molar-refractivity contribution in [1.29, 1.82) is 0 Å². The number of nitrogens with one attached hydrogen (secondary N) is 1. The zero-order valence-corrected chi connectivity index (χ0v) is 12.0. The van der Waals surface area contributed by atoms with E-state index >= 15 is 0 Å². The summed E-state index contributed by atoms with van der Waals surface area (Å²) in [5.74, 6) is 0.0555. The van der Waals surface area contributed by atoms with Gasteiger partial charge in [0.15, 0.2) is 11.6 Å². The Hall–Kier alpha value is -1.39. The molecule has 2 nitrogen and oxygen atoms in total. The van der Waals surface area contributed by atoms with E-state index in [2.05, 4.69) is 16.8 Å². The molecule has 1 heterocycles. The average molecular weight is 279 g/mol. The first kappa shape index (κ1) is 14.0. The van der Waals surface area contributed by atoms with Crippen molar-refractivity contribution in [3.05, 3.63) is 52.0 Å². The summed E-state index contributed by atoms with van der Waals surface area (Å²) < 4.78 is 19.1. The summed E-state index contributed by atoms with van der Waals surface area (Å²) >= 11 is 1.73. The number of rotatable bonds is 6. The molecule has 0 aliphatic carbocycles. The number of methoxy groups -OCH3 is 1. The largest absolute Gasteiger partial charge is 0.494 e. The minimum absolute atomic E-state index is 0.222. The van der Waals surface area contributed by atoms with E-state index in [1.54, 1.807) is 17.4 Å². The SMILES string of the molecule is CNC(Cc1cccs1)Cc1cccc(OC)c1F. The molecular weight excluding hydrogens is 261 g/mol. The van der Waals surface area contributed by atoms with Gasteiger partial charge >= 0.3 is 0 Å². The summed E-state index contributed by atoms with van der Waals surface area (Å²) in [5.41, 5.74) is 0.690. The lowest BCUT2D eigenvalue weighted by Crippen LogP contribution is -2.30. The summed E-state index contributed by atoms with van der Waals surface area (Å²) in [5, 5.41) is 5.32. The summed E-state index contributed by atoms with van der Waals surface area (Å²) in [6.07, 6.45) is 1.56. The van der Waals surface area contributed by atoms with E-state index in [4.69, 9.17) is 4.74 Å². The highest BCUT2D eigenvalue weighted by Crippen LogP contribution is 2.22. The van der Waals surface area contributed by atoms with Gasteiger partial charge in [0.25, 0.3) is 0 Å². The molecule has 2 rings (SSSR count). The third-order valence-corrected chi connectivity index (χ3v) is 4.06. The molecule has 0 bridgehead atoms. The zero-order chi connectivity index (χ0) is 13.7. The molecular formula is C15H18FNOS. The molecule has 0 spiro atoms. The first-order chi connectivity index (χ1) is 9.24. The van der Waals surface area contributed by atoms with Gasteiger partial charge in [0.1, 0.15) is 0 Å². The Kier molecular flexibility index (Phi) is 4.93. The summed E-state index contributed by atoms with van der Waals surface area (Å²) in [6, 6.07) is 9.66. The van der Waals surface area contributed by atoms with Crippen molar-refractivity contribution in [2.45, 2.75) is 18.9 Å². The van der Waals surface area contributed by atoms with Gasteiger partial charge in [0, 0.05) is 10.9 Å². The third kappa shape index (κ3) is 3.55. The van der Waals surface area contributed by atoms with Gasteiger partial charge in [-0.1, -0.05) is 18.2 Å². The molecule has 1 unspecified atom stereocenters. The van der Waals surface area contributed by atoms with Gasteiger partial charge in [0.05, 0.1) is 7.11 Å².